The van der Waals surface area contributed by atoms with Crippen LogP contribution in [0.2, 0.25) is 18.1 Å². The van der Waals surface area contributed by atoms with Gasteiger partial charge < -0.3 is 9.16 Å². The van der Waals surface area contributed by atoms with E-state index in [0.29, 0.717) is 31.0 Å². The quantitative estimate of drug-likeness (QED) is 0.261. The Hall–Kier alpha value is -2.26. The van der Waals surface area contributed by atoms with Crippen molar-refractivity contribution in [2.45, 2.75) is 66.1 Å². The standard InChI is InChI=1S/C20H32N4O4Si/c1-14-12-17(15(2)21-13-14)23-16(3)18(24(25)26)19(22-23)27-10-9-11-28-29(7,8)20(4,5)6/h12-13H,9-11H2,1-8H3. The molecule has 2 rings (SSSR count). The lowest BCUT2D eigenvalue weighted by Gasteiger charge is -2.36. The monoisotopic (exact) mass is 420 g/mol. The van der Waals surface area contributed by atoms with Crippen molar-refractivity contribution >= 4 is 14.0 Å². The zero-order chi connectivity index (χ0) is 22.0. The molecule has 0 saturated heterocycles. The predicted octanol–water partition coefficient (Wildman–Crippen LogP) is 4.89. The molecule has 8 nitrogen and oxygen atoms in total. The zero-order valence-electron chi connectivity index (χ0n) is 18.7. The molecule has 0 unspecified atom stereocenters. The molecule has 0 saturated carbocycles. The topological polar surface area (TPSA) is 92.3 Å². The van der Waals surface area contributed by atoms with Gasteiger partial charge in [-0.1, -0.05) is 20.8 Å². The predicted molar refractivity (Wildman–Crippen MR) is 115 cm³/mol. The van der Waals surface area contributed by atoms with Gasteiger partial charge in [0.15, 0.2) is 8.32 Å². The average Bonchev–Trinajstić information content (AvgIpc) is 2.92. The van der Waals surface area contributed by atoms with Gasteiger partial charge in [0.05, 0.1) is 22.9 Å². The Bertz CT molecular complexity index is 887. The lowest BCUT2D eigenvalue weighted by molar-refractivity contribution is -0.386. The van der Waals surface area contributed by atoms with E-state index in [2.05, 4.69) is 43.9 Å². The van der Waals surface area contributed by atoms with Crippen molar-refractivity contribution in [2.24, 2.45) is 0 Å². The van der Waals surface area contributed by atoms with Crippen LogP contribution in [0.15, 0.2) is 12.3 Å². The molecule has 0 aliphatic rings. The molecule has 0 bridgehead atoms. The van der Waals surface area contributed by atoms with Crippen LogP contribution in [0.3, 0.4) is 0 Å². The lowest BCUT2D eigenvalue weighted by atomic mass is 10.2. The molecule has 0 aliphatic carbocycles. The van der Waals surface area contributed by atoms with E-state index in [-0.39, 0.29) is 16.6 Å². The van der Waals surface area contributed by atoms with Crippen molar-refractivity contribution in [3.05, 3.63) is 39.3 Å². The third kappa shape index (κ3) is 5.21. The molecular weight excluding hydrogens is 388 g/mol. The van der Waals surface area contributed by atoms with Crippen molar-refractivity contribution in [1.82, 2.24) is 14.8 Å². The SMILES string of the molecule is Cc1cnc(C)c(-n2nc(OCCCO[Si](C)(C)C(C)(C)C)c([N+](=O)[O-])c2C)c1. The molecule has 29 heavy (non-hydrogen) atoms. The van der Waals surface area contributed by atoms with Crippen molar-refractivity contribution < 1.29 is 14.1 Å². The van der Waals surface area contributed by atoms with Gasteiger partial charge in [-0.25, -0.2) is 4.68 Å². The van der Waals surface area contributed by atoms with Crippen LogP contribution in [0, 0.1) is 30.9 Å². The minimum Gasteiger partial charge on any atom is -0.472 e. The number of hydrogen-bond donors (Lipinski definition) is 0. The molecule has 0 spiro atoms. The van der Waals surface area contributed by atoms with E-state index in [0.717, 1.165) is 11.3 Å². The smallest absolute Gasteiger partial charge is 0.353 e. The molecule has 160 valence electrons. The van der Waals surface area contributed by atoms with Crippen LogP contribution in [0.4, 0.5) is 5.69 Å². The highest BCUT2D eigenvalue weighted by atomic mass is 28.4. The number of rotatable bonds is 8. The Morgan fingerprint density at radius 3 is 2.45 bits per heavy atom. The van der Waals surface area contributed by atoms with Gasteiger partial charge in [0.2, 0.25) is 0 Å². The van der Waals surface area contributed by atoms with Crippen molar-refractivity contribution in [3.8, 4) is 11.6 Å². The van der Waals surface area contributed by atoms with Crippen LogP contribution in [-0.4, -0.2) is 41.2 Å². The van der Waals surface area contributed by atoms with E-state index in [4.69, 9.17) is 9.16 Å². The van der Waals surface area contributed by atoms with Gasteiger partial charge >= 0.3 is 11.6 Å². The van der Waals surface area contributed by atoms with E-state index >= 15 is 0 Å². The molecular formula is C20H32N4O4Si. The van der Waals surface area contributed by atoms with Gasteiger partial charge in [0, 0.05) is 19.2 Å². The number of nitro groups is 1. The Morgan fingerprint density at radius 2 is 1.86 bits per heavy atom. The first kappa shape index (κ1) is 23.0. The van der Waals surface area contributed by atoms with Crippen LogP contribution in [0.5, 0.6) is 5.88 Å². The molecule has 9 heteroatoms. The van der Waals surface area contributed by atoms with E-state index < -0.39 is 13.2 Å². The van der Waals surface area contributed by atoms with Gasteiger partial charge in [-0.15, -0.1) is 5.10 Å². The second kappa shape index (κ2) is 8.62. The van der Waals surface area contributed by atoms with E-state index in [1.165, 1.54) is 4.68 Å². The molecule has 0 fully saturated rings. The first-order valence-corrected chi connectivity index (χ1v) is 12.7. The number of pyridine rings is 1. The van der Waals surface area contributed by atoms with Crippen LogP contribution in [0.25, 0.3) is 5.69 Å². The summed E-state index contributed by atoms with van der Waals surface area (Å²) in [4.78, 5) is 15.5. The van der Waals surface area contributed by atoms with Crippen molar-refractivity contribution in [1.29, 1.82) is 0 Å². The van der Waals surface area contributed by atoms with Crippen LogP contribution in [0.1, 0.15) is 44.1 Å². The molecule has 0 atom stereocenters. The summed E-state index contributed by atoms with van der Waals surface area (Å²) in [5, 5.41) is 16.1. The van der Waals surface area contributed by atoms with Gasteiger partial charge in [-0.05, 0) is 50.5 Å². The van der Waals surface area contributed by atoms with E-state index in [1.807, 2.05) is 19.9 Å². The highest BCUT2D eigenvalue weighted by molar-refractivity contribution is 6.74. The number of aryl methyl sites for hydroxylation is 2. The Balaban J connectivity index is 2.13. The molecule has 0 aliphatic heterocycles. The summed E-state index contributed by atoms with van der Waals surface area (Å²) in [6.07, 6.45) is 2.40. The second-order valence-corrected chi connectivity index (χ2v) is 13.6. The number of aromatic nitrogens is 3. The van der Waals surface area contributed by atoms with Gasteiger partial charge in [0.1, 0.15) is 5.69 Å². The molecule has 0 aromatic carbocycles. The van der Waals surface area contributed by atoms with Gasteiger partial charge in [0.25, 0.3) is 0 Å². The molecule has 2 heterocycles. The largest absolute Gasteiger partial charge is 0.472 e. The third-order valence-corrected chi connectivity index (χ3v) is 10.00. The first-order valence-electron chi connectivity index (χ1n) is 9.79. The second-order valence-electron chi connectivity index (χ2n) is 8.84. The van der Waals surface area contributed by atoms with Crippen LogP contribution < -0.4 is 4.74 Å². The lowest BCUT2D eigenvalue weighted by Crippen LogP contribution is -2.41. The third-order valence-electron chi connectivity index (χ3n) is 5.46. The van der Waals surface area contributed by atoms with Gasteiger partial charge in [-0.2, -0.15) is 0 Å². The normalized spacial score (nSPS) is 12.3. The van der Waals surface area contributed by atoms with E-state index in [9.17, 15) is 10.1 Å². The fourth-order valence-corrected chi connectivity index (χ4v) is 3.71. The molecule has 0 amide bonds. The maximum atomic E-state index is 11.6. The Kier molecular flexibility index (Phi) is 6.84. The summed E-state index contributed by atoms with van der Waals surface area (Å²) in [6.45, 7) is 17.3. The highest BCUT2D eigenvalue weighted by Crippen LogP contribution is 2.36. The summed E-state index contributed by atoms with van der Waals surface area (Å²) < 4.78 is 13.4. The first-order chi connectivity index (χ1) is 13.3. The van der Waals surface area contributed by atoms with Gasteiger partial charge in [-0.3, -0.25) is 15.1 Å². The molecule has 2 aromatic rings. The van der Waals surface area contributed by atoms with Crippen LogP contribution >= 0.6 is 0 Å². The summed E-state index contributed by atoms with van der Waals surface area (Å²) in [7, 11) is -1.81. The van der Waals surface area contributed by atoms with Crippen molar-refractivity contribution in [2.75, 3.05) is 13.2 Å². The summed E-state index contributed by atoms with van der Waals surface area (Å²) >= 11 is 0. The van der Waals surface area contributed by atoms with E-state index in [1.54, 1.807) is 13.1 Å². The Labute approximate surface area is 173 Å². The highest BCUT2D eigenvalue weighted by Gasteiger charge is 2.36. The Morgan fingerprint density at radius 1 is 1.21 bits per heavy atom. The number of ether oxygens (including phenoxy) is 1. The summed E-state index contributed by atoms with van der Waals surface area (Å²) in [5.41, 5.74) is 2.70. The fourth-order valence-electron chi connectivity index (χ4n) is 2.62. The maximum absolute atomic E-state index is 11.6. The molecule has 0 N–H and O–H groups in total. The number of nitrogens with zero attached hydrogens (tertiary/aromatic N) is 4. The minimum absolute atomic E-state index is 0.0285. The fraction of sp³-hybridized carbons (Fsp3) is 0.600. The maximum Gasteiger partial charge on any atom is 0.353 e. The molecule has 0 radical (unpaired) electrons. The summed E-state index contributed by atoms with van der Waals surface area (Å²) in [5.74, 6) is 0.0285. The van der Waals surface area contributed by atoms with Crippen molar-refractivity contribution in [3.63, 3.8) is 0 Å². The molecule has 2 aromatic heterocycles. The van der Waals surface area contributed by atoms with Crippen LogP contribution in [-0.2, 0) is 4.43 Å². The zero-order valence-corrected chi connectivity index (χ0v) is 19.7. The minimum atomic E-state index is -1.81. The summed E-state index contributed by atoms with van der Waals surface area (Å²) in [6, 6.07) is 1.91. The number of hydrogen-bond acceptors (Lipinski definition) is 6. The average molecular weight is 421 g/mol.